The number of sulfonamides is 1. The number of para-hydroxylation sites is 2. The Balaban J connectivity index is 1.89. The number of nitrogens with one attached hydrogen (secondary N) is 1. The minimum absolute atomic E-state index is 0.0788. The number of hydrogen-bond donors (Lipinski definition) is 1. The summed E-state index contributed by atoms with van der Waals surface area (Å²) in [5.41, 5.74) is 1.65. The summed E-state index contributed by atoms with van der Waals surface area (Å²) in [4.78, 5) is 12.7. The third kappa shape index (κ3) is 3.99. The van der Waals surface area contributed by atoms with Gasteiger partial charge in [0.2, 0.25) is 10.0 Å². The average molecular weight is 439 g/mol. The maximum absolute atomic E-state index is 13.2. The molecule has 0 aliphatic carbocycles. The highest BCUT2D eigenvalue weighted by Gasteiger charge is 2.30. The van der Waals surface area contributed by atoms with E-state index in [1.54, 1.807) is 43.3 Å². The molecule has 0 unspecified atom stereocenters. The lowest BCUT2D eigenvalue weighted by molar-refractivity contribution is 0.102. The molecule has 1 amide bonds. The highest BCUT2D eigenvalue weighted by Crippen LogP contribution is 2.41. The molecule has 0 saturated heterocycles. The van der Waals surface area contributed by atoms with Gasteiger partial charge in [-0.3, -0.25) is 4.79 Å². The van der Waals surface area contributed by atoms with Crippen molar-refractivity contribution < 1.29 is 22.7 Å². The van der Waals surface area contributed by atoms with Crippen LogP contribution < -0.4 is 14.8 Å². The van der Waals surface area contributed by atoms with Crippen LogP contribution in [0.2, 0.25) is 0 Å². The van der Waals surface area contributed by atoms with Crippen molar-refractivity contribution >= 4 is 21.6 Å². The molecule has 0 fully saturated rings. The molecule has 0 aromatic heterocycles. The topological polar surface area (TPSA) is 84.9 Å². The van der Waals surface area contributed by atoms with Crippen molar-refractivity contribution in [1.82, 2.24) is 4.31 Å². The van der Waals surface area contributed by atoms with Gasteiger partial charge in [-0.15, -0.1) is 0 Å². The number of aryl methyl sites for hydroxylation is 1. The van der Waals surface area contributed by atoms with E-state index >= 15 is 0 Å². The number of benzene rings is 3. The summed E-state index contributed by atoms with van der Waals surface area (Å²) in [6, 6.07) is 17.0. The zero-order valence-corrected chi connectivity index (χ0v) is 18.2. The Morgan fingerprint density at radius 3 is 2.45 bits per heavy atom. The molecule has 1 aliphatic heterocycles. The summed E-state index contributed by atoms with van der Waals surface area (Å²) in [6.07, 6.45) is 0. The molecule has 8 heteroatoms. The molecule has 0 atom stereocenters. The third-order valence-corrected chi connectivity index (χ3v) is 6.98. The Morgan fingerprint density at radius 2 is 1.74 bits per heavy atom. The first-order valence-electron chi connectivity index (χ1n) is 9.76. The van der Waals surface area contributed by atoms with E-state index in [4.69, 9.17) is 9.47 Å². The number of ether oxygens (including phenoxy) is 2. The molecular formula is C23H22N2O5S. The fourth-order valence-corrected chi connectivity index (χ4v) is 4.42. The first-order valence-corrected chi connectivity index (χ1v) is 11.2. The quantitative estimate of drug-likeness (QED) is 0.619. The molecule has 3 aromatic carbocycles. The van der Waals surface area contributed by atoms with Gasteiger partial charge in [-0.05, 0) is 37.3 Å². The van der Waals surface area contributed by atoms with Crippen molar-refractivity contribution in [2.45, 2.75) is 18.7 Å². The monoisotopic (exact) mass is 438 g/mol. The average Bonchev–Trinajstić information content (AvgIpc) is 2.89. The lowest BCUT2D eigenvalue weighted by atomic mass is 10.1. The number of anilines is 1. The van der Waals surface area contributed by atoms with E-state index in [1.165, 1.54) is 23.5 Å². The molecule has 0 radical (unpaired) electrons. The van der Waals surface area contributed by atoms with Crippen molar-refractivity contribution in [3.63, 3.8) is 0 Å². The predicted molar refractivity (Wildman–Crippen MR) is 118 cm³/mol. The number of nitrogens with zero attached hydrogens (tertiary/aromatic N) is 1. The normalized spacial score (nSPS) is 13.0. The number of amides is 1. The largest absolute Gasteiger partial charge is 0.456 e. The molecule has 0 saturated carbocycles. The van der Waals surface area contributed by atoms with Crippen LogP contribution in [0.1, 0.15) is 22.8 Å². The van der Waals surface area contributed by atoms with Gasteiger partial charge in [0, 0.05) is 19.7 Å². The highest BCUT2D eigenvalue weighted by molar-refractivity contribution is 7.89. The third-order valence-electron chi connectivity index (χ3n) is 5.03. The molecule has 7 nitrogen and oxygen atoms in total. The fraction of sp³-hybridized carbons (Fsp3) is 0.174. The lowest BCUT2D eigenvalue weighted by Crippen LogP contribution is -2.27. The Labute approximate surface area is 181 Å². The summed E-state index contributed by atoms with van der Waals surface area (Å²) >= 11 is 0. The SMILES string of the molecule is CCN(C)S(=O)(=O)c1cc2c(cc1Oc1ccc(C)cc1)Oc1ccccc1NC2=O. The van der Waals surface area contributed by atoms with E-state index in [9.17, 15) is 13.2 Å². The molecule has 31 heavy (non-hydrogen) atoms. The second-order valence-electron chi connectivity index (χ2n) is 7.18. The van der Waals surface area contributed by atoms with Crippen LogP contribution in [0.5, 0.6) is 23.0 Å². The molecule has 0 spiro atoms. The first kappa shape index (κ1) is 20.9. The Bertz CT molecular complexity index is 1250. The second kappa shape index (κ2) is 8.05. The van der Waals surface area contributed by atoms with E-state index in [-0.39, 0.29) is 28.5 Å². The van der Waals surface area contributed by atoms with Crippen LogP contribution in [-0.4, -0.2) is 32.2 Å². The second-order valence-corrected chi connectivity index (χ2v) is 9.20. The van der Waals surface area contributed by atoms with Crippen LogP contribution in [0.3, 0.4) is 0 Å². The van der Waals surface area contributed by atoms with Gasteiger partial charge in [0.05, 0.1) is 11.3 Å². The fourth-order valence-electron chi connectivity index (χ4n) is 3.12. The van der Waals surface area contributed by atoms with Crippen molar-refractivity contribution in [3.8, 4) is 23.0 Å². The van der Waals surface area contributed by atoms with Gasteiger partial charge in [0.1, 0.15) is 16.4 Å². The van der Waals surface area contributed by atoms with Crippen LogP contribution in [0.25, 0.3) is 0 Å². The van der Waals surface area contributed by atoms with Crippen LogP contribution in [-0.2, 0) is 10.0 Å². The summed E-state index contributed by atoms with van der Waals surface area (Å²) < 4.78 is 39.5. The molecule has 3 aromatic rings. The number of carbonyl (C=O) groups excluding carboxylic acids is 1. The van der Waals surface area contributed by atoms with Crippen LogP contribution in [0.15, 0.2) is 65.6 Å². The van der Waals surface area contributed by atoms with Gasteiger partial charge in [-0.1, -0.05) is 36.8 Å². The van der Waals surface area contributed by atoms with E-state index in [1.807, 2.05) is 19.1 Å². The van der Waals surface area contributed by atoms with E-state index < -0.39 is 15.9 Å². The number of carbonyl (C=O) groups is 1. The van der Waals surface area contributed by atoms with Crippen molar-refractivity contribution in [1.29, 1.82) is 0 Å². The van der Waals surface area contributed by atoms with Crippen molar-refractivity contribution in [2.75, 3.05) is 18.9 Å². The maximum Gasteiger partial charge on any atom is 0.259 e. The van der Waals surface area contributed by atoms with Gasteiger partial charge < -0.3 is 14.8 Å². The van der Waals surface area contributed by atoms with Gasteiger partial charge >= 0.3 is 0 Å². The Hall–Kier alpha value is -3.36. The van der Waals surface area contributed by atoms with E-state index in [2.05, 4.69) is 5.32 Å². The molecule has 4 rings (SSSR count). The van der Waals surface area contributed by atoms with E-state index in [0.29, 0.717) is 17.2 Å². The minimum atomic E-state index is -3.91. The summed E-state index contributed by atoms with van der Waals surface area (Å²) in [7, 11) is -2.44. The van der Waals surface area contributed by atoms with E-state index in [0.717, 1.165) is 5.56 Å². The Kier molecular flexibility index (Phi) is 5.43. The molecule has 160 valence electrons. The standard InChI is InChI=1S/C23H22N2O5S/c1-4-25(3)31(27,28)22-13-17-20(14-21(22)29-16-11-9-15(2)10-12-16)30-19-8-6-5-7-18(19)24-23(17)26/h5-14H,4H2,1-3H3,(H,24,26). The van der Waals surface area contributed by atoms with Gasteiger partial charge in [-0.25, -0.2) is 12.7 Å². The zero-order chi connectivity index (χ0) is 22.2. The van der Waals surface area contributed by atoms with Gasteiger partial charge in [-0.2, -0.15) is 0 Å². The minimum Gasteiger partial charge on any atom is -0.456 e. The number of hydrogen-bond acceptors (Lipinski definition) is 5. The summed E-state index contributed by atoms with van der Waals surface area (Å²) in [5.74, 6) is 0.756. The molecule has 1 heterocycles. The maximum atomic E-state index is 13.2. The molecule has 0 bridgehead atoms. The van der Waals surface area contributed by atoms with Crippen molar-refractivity contribution in [2.24, 2.45) is 0 Å². The Morgan fingerprint density at radius 1 is 1.03 bits per heavy atom. The predicted octanol–water partition coefficient (Wildman–Crippen LogP) is 4.79. The highest BCUT2D eigenvalue weighted by atomic mass is 32.2. The van der Waals surface area contributed by atoms with Crippen LogP contribution >= 0.6 is 0 Å². The molecule has 1 aliphatic rings. The summed E-state index contributed by atoms with van der Waals surface area (Å²) in [6.45, 7) is 3.94. The molecule has 1 N–H and O–H groups in total. The smallest absolute Gasteiger partial charge is 0.259 e. The molecular weight excluding hydrogens is 416 g/mol. The zero-order valence-electron chi connectivity index (χ0n) is 17.4. The first-order chi connectivity index (χ1) is 14.8. The van der Waals surface area contributed by atoms with Crippen molar-refractivity contribution in [3.05, 3.63) is 71.8 Å². The van der Waals surface area contributed by atoms with Crippen LogP contribution in [0.4, 0.5) is 5.69 Å². The number of rotatable bonds is 5. The number of fused-ring (bicyclic) bond motifs is 2. The lowest BCUT2D eigenvalue weighted by Gasteiger charge is -2.19. The van der Waals surface area contributed by atoms with Gasteiger partial charge in [0.25, 0.3) is 5.91 Å². The van der Waals surface area contributed by atoms with Crippen LogP contribution in [0, 0.1) is 6.92 Å². The summed E-state index contributed by atoms with van der Waals surface area (Å²) in [5, 5.41) is 2.76. The van der Waals surface area contributed by atoms with Gasteiger partial charge in [0.15, 0.2) is 11.5 Å².